The molecule has 0 spiro atoms. The van der Waals surface area contributed by atoms with E-state index in [1.165, 1.54) is 0 Å². The van der Waals surface area contributed by atoms with Gasteiger partial charge in [0.05, 0.1) is 12.0 Å². The van der Waals surface area contributed by atoms with Gasteiger partial charge in [0.1, 0.15) is 0 Å². The number of rotatable bonds is 4. The van der Waals surface area contributed by atoms with Crippen molar-refractivity contribution in [3.8, 4) is 0 Å². The third-order valence-corrected chi connectivity index (χ3v) is 2.41. The Morgan fingerprint density at radius 1 is 1.54 bits per heavy atom. The Kier molecular flexibility index (Phi) is 3.72. The number of carboxylic acids is 1. The van der Waals surface area contributed by atoms with Crippen molar-refractivity contribution in [1.82, 2.24) is 0 Å². The number of carboxylic acid groups (broad SMARTS) is 1. The zero-order valence-electron chi connectivity index (χ0n) is 8.32. The largest absolute Gasteiger partial charge is 0.481 e. The van der Waals surface area contributed by atoms with E-state index in [1.54, 1.807) is 0 Å². The van der Waals surface area contributed by atoms with Crippen LogP contribution >= 0.6 is 0 Å². The van der Waals surface area contributed by atoms with E-state index >= 15 is 0 Å². The molecular weight excluding hydrogens is 168 g/mol. The highest BCUT2D eigenvalue weighted by atomic mass is 16.5. The Hall–Kier alpha value is -0.570. The van der Waals surface area contributed by atoms with Gasteiger partial charge in [0.15, 0.2) is 0 Å². The van der Waals surface area contributed by atoms with Crippen LogP contribution in [0.2, 0.25) is 0 Å². The first-order chi connectivity index (χ1) is 6.11. The van der Waals surface area contributed by atoms with E-state index in [4.69, 9.17) is 9.84 Å². The molecule has 3 heteroatoms. The summed E-state index contributed by atoms with van der Waals surface area (Å²) in [4.78, 5) is 10.8. The molecule has 0 amide bonds. The molecule has 1 fully saturated rings. The Bertz CT molecular complexity index is 177. The maximum Gasteiger partial charge on any atom is 0.309 e. The Morgan fingerprint density at radius 2 is 2.23 bits per heavy atom. The zero-order chi connectivity index (χ0) is 9.84. The number of ether oxygens (including phenoxy) is 1. The van der Waals surface area contributed by atoms with Crippen molar-refractivity contribution in [3.63, 3.8) is 0 Å². The van der Waals surface area contributed by atoms with Gasteiger partial charge in [0, 0.05) is 6.61 Å². The first-order valence-electron chi connectivity index (χ1n) is 4.95. The molecule has 1 rings (SSSR count). The SMILES string of the molecule is CC(C)COC1CCCC1C(=O)O. The van der Waals surface area contributed by atoms with Crippen molar-refractivity contribution >= 4 is 5.97 Å². The molecule has 2 unspecified atom stereocenters. The summed E-state index contributed by atoms with van der Waals surface area (Å²) < 4.78 is 5.56. The third kappa shape index (κ3) is 2.99. The van der Waals surface area contributed by atoms with Gasteiger partial charge in [-0.25, -0.2) is 0 Å². The molecule has 13 heavy (non-hydrogen) atoms. The molecule has 0 saturated heterocycles. The lowest BCUT2D eigenvalue weighted by Crippen LogP contribution is -2.26. The van der Waals surface area contributed by atoms with Crippen LogP contribution in [0.1, 0.15) is 33.1 Å². The Labute approximate surface area is 79.1 Å². The molecule has 1 aliphatic carbocycles. The standard InChI is InChI=1S/C10H18O3/c1-7(2)6-13-9-5-3-4-8(9)10(11)12/h7-9H,3-6H2,1-2H3,(H,11,12). The average Bonchev–Trinajstić information content (AvgIpc) is 2.47. The van der Waals surface area contributed by atoms with Gasteiger partial charge in [-0.1, -0.05) is 13.8 Å². The molecule has 76 valence electrons. The van der Waals surface area contributed by atoms with Crippen LogP contribution in [-0.2, 0) is 9.53 Å². The number of hydrogen-bond acceptors (Lipinski definition) is 2. The molecule has 0 bridgehead atoms. The van der Waals surface area contributed by atoms with Gasteiger partial charge in [-0.15, -0.1) is 0 Å². The van der Waals surface area contributed by atoms with Gasteiger partial charge in [-0.3, -0.25) is 4.79 Å². The van der Waals surface area contributed by atoms with Gasteiger partial charge < -0.3 is 9.84 Å². The fourth-order valence-electron chi connectivity index (χ4n) is 1.72. The molecule has 3 nitrogen and oxygen atoms in total. The predicted octanol–water partition coefficient (Wildman–Crippen LogP) is 1.91. The summed E-state index contributed by atoms with van der Waals surface area (Å²) in [7, 11) is 0. The molecule has 2 atom stereocenters. The molecule has 0 heterocycles. The molecule has 0 aromatic heterocycles. The van der Waals surface area contributed by atoms with E-state index in [1.807, 2.05) is 0 Å². The van der Waals surface area contributed by atoms with E-state index in [0.717, 1.165) is 19.3 Å². The molecule has 1 aliphatic rings. The third-order valence-electron chi connectivity index (χ3n) is 2.41. The quantitative estimate of drug-likeness (QED) is 0.729. The number of carbonyl (C=O) groups is 1. The molecule has 1 saturated carbocycles. The summed E-state index contributed by atoms with van der Waals surface area (Å²) in [6.07, 6.45) is 2.63. The molecule has 1 N–H and O–H groups in total. The summed E-state index contributed by atoms with van der Waals surface area (Å²) >= 11 is 0. The van der Waals surface area contributed by atoms with Crippen LogP contribution in [0.5, 0.6) is 0 Å². The highest BCUT2D eigenvalue weighted by molar-refractivity contribution is 5.71. The second-order valence-corrected chi connectivity index (χ2v) is 4.14. The van der Waals surface area contributed by atoms with Crippen molar-refractivity contribution in [2.24, 2.45) is 11.8 Å². The smallest absolute Gasteiger partial charge is 0.309 e. The van der Waals surface area contributed by atoms with E-state index in [9.17, 15) is 4.79 Å². The van der Waals surface area contributed by atoms with Crippen molar-refractivity contribution in [3.05, 3.63) is 0 Å². The minimum atomic E-state index is -0.703. The molecule has 0 aromatic rings. The van der Waals surface area contributed by atoms with Crippen LogP contribution in [0.15, 0.2) is 0 Å². The number of hydrogen-bond donors (Lipinski definition) is 1. The molecule has 0 radical (unpaired) electrons. The summed E-state index contributed by atoms with van der Waals surface area (Å²) in [5, 5.41) is 8.87. The van der Waals surface area contributed by atoms with Gasteiger partial charge in [-0.2, -0.15) is 0 Å². The lowest BCUT2D eigenvalue weighted by atomic mass is 10.1. The first kappa shape index (κ1) is 10.5. The van der Waals surface area contributed by atoms with E-state index in [2.05, 4.69) is 13.8 Å². The predicted molar refractivity (Wildman–Crippen MR) is 49.6 cm³/mol. The van der Waals surface area contributed by atoms with E-state index < -0.39 is 5.97 Å². The maximum absolute atomic E-state index is 10.8. The zero-order valence-corrected chi connectivity index (χ0v) is 8.32. The van der Waals surface area contributed by atoms with Crippen LogP contribution in [-0.4, -0.2) is 23.8 Å². The van der Waals surface area contributed by atoms with Crippen molar-refractivity contribution < 1.29 is 14.6 Å². The Balaban J connectivity index is 2.35. The van der Waals surface area contributed by atoms with Crippen molar-refractivity contribution in [2.45, 2.75) is 39.2 Å². The van der Waals surface area contributed by atoms with Crippen LogP contribution in [0.4, 0.5) is 0 Å². The lowest BCUT2D eigenvalue weighted by Gasteiger charge is -2.17. The topological polar surface area (TPSA) is 46.5 Å². The van der Waals surface area contributed by atoms with Gasteiger partial charge >= 0.3 is 5.97 Å². The maximum atomic E-state index is 10.8. The van der Waals surface area contributed by atoms with Crippen LogP contribution in [0, 0.1) is 11.8 Å². The van der Waals surface area contributed by atoms with Crippen LogP contribution in [0.25, 0.3) is 0 Å². The fraction of sp³-hybridized carbons (Fsp3) is 0.900. The summed E-state index contributed by atoms with van der Waals surface area (Å²) in [5.41, 5.74) is 0. The minimum Gasteiger partial charge on any atom is -0.481 e. The lowest BCUT2D eigenvalue weighted by molar-refractivity contribution is -0.146. The molecular formula is C10H18O3. The highest BCUT2D eigenvalue weighted by Gasteiger charge is 2.33. The second kappa shape index (κ2) is 4.61. The number of aliphatic carboxylic acids is 1. The average molecular weight is 186 g/mol. The summed E-state index contributed by atoms with van der Waals surface area (Å²) in [6, 6.07) is 0. The fourth-order valence-corrected chi connectivity index (χ4v) is 1.72. The van der Waals surface area contributed by atoms with Crippen LogP contribution in [0.3, 0.4) is 0 Å². The summed E-state index contributed by atoms with van der Waals surface area (Å²) in [5.74, 6) is -0.486. The monoisotopic (exact) mass is 186 g/mol. The normalized spacial score (nSPS) is 28.2. The molecule has 0 aliphatic heterocycles. The van der Waals surface area contributed by atoms with Crippen molar-refractivity contribution in [2.75, 3.05) is 6.61 Å². The van der Waals surface area contributed by atoms with Crippen LogP contribution < -0.4 is 0 Å². The minimum absolute atomic E-state index is 0.0418. The Morgan fingerprint density at radius 3 is 2.77 bits per heavy atom. The van der Waals surface area contributed by atoms with E-state index in [0.29, 0.717) is 12.5 Å². The first-order valence-corrected chi connectivity index (χ1v) is 4.95. The van der Waals surface area contributed by atoms with Crippen molar-refractivity contribution in [1.29, 1.82) is 0 Å². The second-order valence-electron chi connectivity index (χ2n) is 4.14. The highest BCUT2D eigenvalue weighted by Crippen LogP contribution is 2.28. The molecule has 0 aromatic carbocycles. The van der Waals surface area contributed by atoms with E-state index in [-0.39, 0.29) is 12.0 Å². The van der Waals surface area contributed by atoms with Gasteiger partial charge in [-0.05, 0) is 25.2 Å². The van der Waals surface area contributed by atoms with Gasteiger partial charge in [0.25, 0.3) is 0 Å². The summed E-state index contributed by atoms with van der Waals surface area (Å²) in [6.45, 7) is 4.82. The van der Waals surface area contributed by atoms with Gasteiger partial charge in [0.2, 0.25) is 0 Å².